The van der Waals surface area contributed by atoms with E-state index in [1.165, 1.54) is 16.9 Å². The molecular weight excluding hydrogens is 414 g/mol. The lowest BCUT2D eigenvalue weighted by Crippen LogP contribution is -2.34. The number of aromatic nitrogens is 1. The zero-order valence-corrected chi connectivity index (χ0v) is 19.1. The third-order valence-electron chi connectivity index (χ3n) is 4.47. The SMILES string of the molecule is COc1ccc(C(=O)NC(=S)Nc2nc(-c3ccc(CC(C)C)cc3)c(C)s2)cc1. The van der Waals surface area contributed by atoms with Crippen LogP contribution in [0.5, 0.6) is 5.75 Å². The van der Waals surface area contributed by atoms with Crippen molar-refractivity contribution in [2.75, 3.05) is 12.4 Å². The van der Waals surface area contributed by atoms with Crippen LogP contribution in [0.3, 0.4) is 0 Å². The van der Waals surface area contributed by atoms with Crippen LogP contribution in [0.1, 0.15) is 34.6 Å². The minimum absolute atomic E-state index is 0.211. The Bertz CT molecular complexity index is 1030. The van der Waals surface area contributed by atoms with Gasteiger partial charge >= 0.3 is 0 Å². The summed E-state index contributed by atoms with van der Waals surface area (Å²) in [6.07, 6.45) is 1.06. The van der Waals surface area contributed by atoms with Crippen molar-refractivity contribution in [3.05, 3.63) is 64.5 Å². The number of hydrogen-bond acceptors (Lipinski definition) is 5. The fourth-order valence-corrected chi connectivity index (χ4v) is 4.13. The van der Waals surface area contributed by atoms with E-state index < -0.39 is 0 Å². The van der Waals surface area contributed by atoms with Gasteiger partial charge in [0.05, 0.1) is 12.8 Å². The lowest BCUT2D eigenvalue weighted by molar-refractivity contribution is 0.0977. The Morgan fingerprint density at radius 1 is 1.13 bits per heavy atom. The highest BCUT2D eigenvalue weighted by Gasteiger charge is 2.13. The van der Waals surface area contributed by atoms with Crippen molar-refractivity contribution in [1.29, 1.82) is 0 Å². The summed E-state index contributed by atoms with van der Waals surface area (Å²) in [6.45, 7) is 6.46. The van der Waals surface area contributed by atoms with E-state index in [0.717, 1.165) is 22.6 Å². The van der Waals surface area contributed by atoms with Crippen LogP contribution in [0, 0.1) is 12.8 Å². The van der Waals surface area contributed by atoms with E-state index in [0.29, 0.717) is 22.4 Å². The molecule has 2 aromatic carbocycles. The maximum absolute atomic E-state index is 12.4. The van der Waals surface area contributed by atoms with Crippen LogP contribution in [0.2, 0.25) is 0 Å². The monoisotopic (exact) mass is 439 g/mol. The third kappa shape index (κ3) is 5.64. The van der Waals surface area contributed by atoms with Gasteiger partial charge in [-0.3, -0.25) is 10.1 Å². The molecule has 3 rings (SSSR count). The molecule has 1 aromatic heterocycles. The second-order valence-corrected chi connectivity index (χ2v) is 8.97. The molecule has 0 spiro atoms. The smallest absolute Gasteiger partial charge is 0.257 e. The zero-order valence-electron chi connectivity index (χ0n) is 17.5. The number of hydrogen-bond donors (Lipinski definition) is 2. The minimum Gasteiger partial charge on any atom is -0.497 e. The normalized spacial score (nSPS) is 10.7. The second-order valence-electron chi connectivity index (χ2n) is 7.36. The van der Waals surface area contributed by atoms with Crippen molar-refractivity contribution in [3.63, 3.8) is 0 Å². The molecule has 0 fully saturated rings. The maximum atomic E-state index is 12.4. The Morgan fingerprint density at radius 2 is 1.80 bits per heavy atom. The summed E-state index contributed by atoms with van der Waals surface area (Å²) < 4.78 is 5.11. The predicted octanol–water partition coefficient (Wildman–Crippen LogP) is 5.45. The van der Waals surface area contributed by atoms with Crippen molar-refractivity contribution in [2.24, 2.45) is 5.92 Å². The number of thiocarbonyl (C=S) groups is 1. The molecule has 2 N–H and O–H groups in total. The number of amides is 1. The Morgan fingerprint density at radius 3 is 2.40 bits per heavy atom. The number of nitrogens with one attached hydrogen (secondary N) is 2. The molecule has 1 amide bonds. The lowest BCUT2D eigenvalue weighted by atomic mass is 10.0. The van der Waals surface area contributed by atoms with Crippen LogP contribution in [-0.2, 0) is 6.42 Å². The van der Waals surface area contributed by atoms with E-state index in [9.17, 15) is 4.79 Å². The second kappa shape index (κ2) is 9.82. The maximum Gasteiger partial charge on any atom is 0.257 e. The summed E-state index contributed by atoms with van der Waals surface area (Å²) in [5.74, 6) is 1.03. The summed E-state index contributed by atoms with van der Waals surface area (Å²) in [5.41, 5.74) is 3.81. The molecule has 0 saturated carbocycles. The first-order valence-corrected chi connectivity index (χ1v) is 10.9. The number of aryl methyl sites for hydroxylation is 1. The number of nitrogens with zero attached hydrogens (tertiary/aromatic N) is 1. The standard InChI is InChI=1S/C23H25N3O2S2/c1-14(2)13-16-5-7-17(8-6-16)20-15(3)30-23(24-20)26-22(29)25-21(27)18-9-11-19(28-4)12-10-18/h5-12,14H,13H2,1-4H3,(H2,24,25,26,27,29). The van der Waals surface area contributed by atoms with Gasteiger partial charge in [-0.15, -0.1) is 11.3 Å². The number of rotatable bonds is 6. The number of carbonyl (C=O) groups excluding carboxylic acids is 1. The Labute approximate surface area is 186 Å². The van der Waals surface area contributed by atoms with Crippen LogP contribution in [0.25, 0.3) is 11.3 Å². The number of carbonyl (C=O) groups is 1. The summed E-state index contributed by atoms with van der Waals surface area (Å²) in [5, 5.41) is 6.56. The number of thiazole rings is 1. The van der Waals surface area contributed by atoms with E-state index in [4.69, 9.17) is 17.0 Å². The fourth-order valence-electron chi connectivity index (χ4n) is 3.03. The van der Waals surface area contributed by atoms with E-state index >= 15 is 0 Å². The molecule has 0 aliphatic carbocycles. The average Bonchev–Trinajstić information content (AvgIpc) is 3.07. The molecule has 1 heterocycles. The van der Waals surface area contributed by atoms with Crippen LogP contribution < -0.4 is 15.4 Å². The fraction of sp³-hybridized carbons (Fsp3) is 0.261. The summed E-state index contributed by atoms with van der Waals surface area (Å²) in [4.78, 5) is 18.1. The van der Waals surface area contributed by atoms with Gasteiger partial charge in [0.15, 0.2) is 10.2 Å². The van der Waals surface area contributed by atoms with Gasteiger partial charge in [0.1, 0.15) is 5.75 Å². The van der Waals surface area contributed by atoms with Gasteiger partial charge in [-0.05, 0) is 61.3 Å². The van der Waals surface area contributed by atoms with Gasteiger partial charge in [0, 0.05) is 16.0 Å². The molecule has 3 aromatic rings. The minimum atomic E-state index is -0.288. The van der Waals surface area contributed by atoms with Gasteiger partial charge in [-0.1, -0.05) is 38.1 Å². The molecule has 0 saturated heterocycles. The summed E-state index contributed by atoms with van der Waals surface area (Å²) >= 11 is 6.79. The number of ether oxygens (including phenoxy) is 1. The first kappa shape index (κ1) is 21.9. The number of anilines is 1. The van der Waals surface area contributed by atoms with Crippen molar-refractivity contribution in [2.45, 2.75) is 27.2 Å². The quantitative estimate of drug-likeness (QED) is 0.500. The molecule has 30 heavy (non-hydrogen) atoms. The molecule has 0 radical (unpaired) electrons. The number of benzene rings is 2. The molecule has 156 valence electrons. The first-order chi connectivity index (χ1) is 14.4. The summed E-state index contributed by atoms with van der Waals surface area (Å²) in [6, 6.07) is 15.3. The molecule has 0 aliphatic heterocycles. The van der Waals surface area contributed by atoms with E-state index in [-0.39, 0.29) is 11.0 Å². The van der Waals surface area contributed by atoms with Gasteiger partial charge in [-0.25, -0.2) is 4.98 Å². The summed E-state index contributed by atoms with van der Waals surface area (Å²) in [7, 11) is 1.58. The third-order valence-corrected chi connectivity index (χ3v) is 5.56. The molecule has 0 unspecified atom stereocenters. The van der Waals surface area contributed by atoms with Crippen LogP contribution in [-0.4, -0.2) is 23.1 Å². The highest BCUT2D eigenvalue weighted by molar-refractivity contribution is 7.80. The van der Waals surface area contributed by atoms with Crippen molar-refractivity contribution >= 4 is 39.7 Å². The highest BCUT2D eigenvalue weighted by atomic mass is 32.1. The Kier molecular flexibility index (Phi) is 7.18. The molecule has 0 atom stereocenters. The molecule has 0 bridgehead atoms. The Hall–Kier alpha value is -2.77. The van der Waals surface area contributed by atoms with Crippen molar-refractivity contribution in [1.82, 2.24) is 10.3 Å². The van der Waals surface area contributed by atoms with Gasteiger partial charge in [0.2, 0.25) is 0 Å². The van der Waals surface area contributed by atoms with Crippen LogP contribution >= 0.6 is 23.6 Å². The molecule has 7 heteroatoms. The van der Waals surface area contributed by atoms with Crippen molar-refractivity contribution < 1.29 is 9.53 Å². The largest absolute Gasteiger partial charge is 0.497 e. The van der Waals surface area contributed by atoms with Gasteiger partial charge < -0.3 is 10.1 Å². The topological polar surface area (TPSA) is 63.2 Å². The van der Waals surface area contributed by atoms with Crippen molar-refractivity contribution in [3.8, 4) is 17.0 Å². The average molecular weight is 440 g/mol. The molecular formula is C23H25N3O2S2. The molecule has 5 nitrogen and oxygen atoms in total. The van der Waals surface area contributed by atoms with Gasteiger partial charge in [-0.2, -0.15) is 0 Å². The Balaban J connectivity index is 1.64. The molecule has 0 aliphatic rings. The van der Waals surface area contributed by atoms with E-state index in [1.54, 1.807) is 31.4 Å². The predicted molar refractivity (Wildman–Crippen MR) is 128 cm³/mol. The zero-order chi connectivity index (χ0) is 21.7. The lowest BCUT2D eigenvalue weighted by Gasteiger charge is -2.08. The van der Waals surface area contributed by atoms with Crippen LogP contribution in [0.15, 0.2) is 48.5 Å². The van der Waals surface area contributed by atoms with Gasteiger partial charge in [0.25, 0.3) is 5.91 Å². The van der Waals surface area contributed by atoms with E-state index in [1.807, 2.05) is 6.92 Å². The number of methoxy groups -OCH3 is 1. The van der Waals surface area contributed by atoms with E-state index in [2.05, 4.69) is 53.7 Å². The highest BCUT2D eigenvalue weighted by Crippen LogP contribution is 2.30. The van der Waals surface area contributed by atoms with Crippen LogP contribution in [0.4, 0.5) is 5.13 Å². The first-order valence-electron chi connectivity index (χ1n) is 9.69.